The van der Waals surface area contributed by atoms with Crippen molar-refractivity contribution in [3.05, 3.63) is 35.9 Å². The van der Waals surface area contributed by atoms with Crippen molar-refractivity contribution in [3.63, 3.8) is 0 Å². The molecule has 96 valence electrons. The zero-order valence-corrected chi connectivity index (χ0v) is 10.1. The Morgan fingerprint density at radius 2 is 2.16 bits per heavy atom. The lowest BCUT2D eigenvalue weighted by Gasteiger charge is -2.06. The molecule has 0 radical (unpaired) electrons. The Hall–Kier alpha value is -2.70. The van der Waals surface area contributed by atoms with Crippen LogP contribution in [0.3, 0.4) is 0 Å². The number of nitrogens with zero attached hydrogens (tertiary/aromatic N) is 3. The molecular weight excluding hydrogens is 247 g/mol. The van der Waals surface area contributed by atoms with Gasteiger partial charge in [0, 0.05) is 5.69 Å². The summed E-state index contributed by atoms with van der Waals surface area (Å²) >= 11 is 0. The van der Waals surface area contributed by atoms with E-state index in [1.807, 2.05) is 0 Å². The standard InChI is InChI=1S/C12H11FN6/c1-6-4-7(2-3-8(6)13)17-12-18-10(14)9-11(19-12)16-5-15-9/h2-5H,1H3,(H4,14,15,16,17,18,19). The first kappa shape index (κ1) is 11.4. The molecule has 3 aromatic rings. The molecule has 0 aliphatic carbocycles. The molecule has 1 aromatic carbocycles. The van der Waals surface area contributed by atoms with Crippen molar-refractivity contribution in [1.82, 2.24) is 19.9 Å². The Morgan fingerprint density at radius 1 is 1.32 bits per heavy atom. The zero-order valence-electron chi connectivity index (χ0n) is 10.1. The summed E-state index contributed by atoms with van der Waals surface area (Å²) in [7, 11) is 0. The summed E-state index contributed by atoms with van der Waals surface area (Å²) in [5.41, 5.74) is 8.09. The van der Waals surface area contributed by atoms with Crippen molar-refractivity contribution in [2.45, 2.75) is 6.92 Å². The number of nitrogens with two attached hydrogens (primary N) is 1. The summed E-state index contributed by atoms with van der Waals surface area (Å²) in [5, 5.41) is 2.97. The number of hydrogen-bond acceptors (Lipinski definition) is 5. The van der Waals surface area contributed by atoms with Crippen LogP contribution in [0.4, 0.5) is 21.8 Å². The van der Waals surface area contributed by atoms with Crippen LogP contribution in [-0.4, -0.2) is 19.9 Å². The van der Waals surface area contributed by atoms with Gasteiger partial charge in [-0.15, -0.1) is 0 Å². The average molecular weight is 258 g/mol. The quantitative estimate of drug-likeness (QED) is 0.654. The minimum atomic E-state index is -0.256. The van der Waals surface area contributed by atoms with Gasteiger partial charge in [0.1, 0.15) is 11.3 Å². The molecule has 0 amide bonds. The van der Waals surface area contributed by atoms with Crippen LogP contribution in [0.25, 0.3) is 11.2 Å². The molecule has 19 heavy (non-hydrogen) atoms. The summed E-state index contributed by atoms with van der Waals surface area (Å²) < 4.78 is 13.2. The normalized spacial score (nSPS) is 10.8. The molecule has 0 aliphatic rings. The van der Waals surface area contributed by atoms with E-state index >= 15 is 0 Å². The molecule has 0 aliphatic heterocycles. The number of fused-ring (bicyclic) bond motifs is 1. The Bertz CT molecular complexity index is 751. The van der Waals surface area contributed by atoms with Gasteiger partial charge in [-0.1, -0.05) is 0 Å². The van der Waals surface area contributed by atoms with E-state index in [0.717, 1.165) is 0 Å². The highest BCUT2D eigenvalue weighted by molar-refractivity contribution is 5.82. The van der Waals surface area contributed by atoms with Gasteiger partial charge in [0.05, 0.1) is 6.33 Å². The fourth-order valence-electron chi connectivity index (χ4n) is 1.76. The molecule has 0 atom stereocenters. The molecule has 7 heteroatoms. The number of rotatable bonds is 2. The highest BCUT2D eigenvalue weighted by atomic mass is 19.1. The molecule has 0 spiro atoms. The number of aryl methyl sites for hydroxylation is 1. The van der Waals surface area contributed by atoms with Crippen LogP contribution in [0.2, 0.25) is 0 Å². The van der Waals surface area contributed by atoms with Gasteiger partial charge in [-0.3, -0.25) is 0 Å². The van der Waals surface area contributed by atoms with Crippen molar-refractivity contribution in [3.8, 4) is 0 Å². The van der Waals surface area contributed by atoms with Crippen molar-refractivity contribution in [2.75, 3.05) is 11.1 Å². The smallest absolute Gasteiger partial charge is 0.231 e. The summed E-state index contributed by atoms with van der Waals surface area (Å²) in [4.78, 5) is 15.2. The number of benzene rings is 1. The third-order valence-corrected chi connectivity index (χ3v) is 2.73. The molecule has 0 fully saturated rings. The van der Waals surface area contributed by atoms with E-state index < -0.39 is 0 Å². The Labute approximate surface area is 107 Å². The maximum absolute atomic E-state index is 13.2. The summed E-state index contributed by atoms with van der Waals surface area (Å²) in [6, 6.07) is 4.66. The van der Waals surface area contributed by atoms with E-state index in [0.29, 0.717) is 34.2 Å². The van der Waals surface area contributed by atoms with E-state index in [4.69, 9.17) is 5.73 Å². The van der Waals surface area contributed by atoms with Crippen LogP contribution < -0.4 is 11.1 Å². The second kappa shape index (κ2) is 4.20. The van der Waals surface area contributed by atoms with Crippen LogP contribution in [0, 0.1) is 12.7 Å². The average Bonchev–Trinajstić information content (AvgIpc) is 2.82. The zero-order chi connectivity index (χ0) is 13.4. The molecular formula is C12H11FN6. The topological polar surface area (TPSA) is 92.5 Å². The Kier molecular flexibility index (Phi) is 2.52. The fraction of sp³-hybridized carbons (Fsp3) is 0.0833. The van der Waals surface area contributed by atoms with Gasteiger partial charge < -0.3 is 16.0 Å². The molecule has 0 saturated heterocycles. The molecule has 0 saturated carbocycles. The van der Waals surface area contributed by atoms with Gasteiger partial charge in [-0.25, -0.2) is 9.37 Å². The number of nitrogen functional groups attached to an aromatic ring is 1. The minimum absolute atomic E-state index is 0.256. The lowest BCUT2D eigenvalue weighted by atomic mass is 10.2. The van der Waals surface area contributed by atoms with Crippen LogP contribution in [0.1, 0.15) is 5.56 Å². The van der Waals surface area contributed by atoms with Crippen molar-refractivity contribution in [2.24, 2.45) is 0 Å². The molecule has 0 bridgehead atoms. The number of aromatic amines is 1. The minimum Gasteiger partial charge on any atom is -0.382 e. The van der Waals surface area contributed by atoms with Crippen LogP contribution in [0.5, 0.6) is 0 Å². The number of aromatic nitrogens is 4. The Balaban J connectivity index is 1.98. The van der Waals surface area contributed by atoms with Crippen LogP contribution >= 0.6 is 0 Å². The van der Waals surface area contributed by atoms with E-state index in [2.05, 4.69) is 25.3 Å². The fourth-order valence-corrected chi connectivity index (χ4v) is 1.76. The lowest BCUT2D eigenvalue weighted by Crippen LogP contribution is -2.01. The van der Waals surface area contributed by atoms with Gasteiger partial charge in [-0.05, 0) is 30.7 Å². The molecule has 3 rings (SSSR count). The van der Waals surface area contributed by atoms with E-state index in [1.54, 1.807) is 19.1 Å². The number of imidazole rings is 1. The highest BCUT2D eigenvalue weighted by Gasteiger charge is 2.08. The lowest BCUT2D eigenvalue weighted by molar-refractivity contribution is 0.619. The molecule has 4 N–H and O–H groups in total. The molecule has 2 aromatic heterocycles. The van der Waals surface area contributed by atoms with Crippen LogP contribution in [-0.2, 0) is 0 Å². The van der Waals surface area contributed by atoms with Crippen molar-refractivity contribution < 1.29 is 4.39 Å². The monoisotopic (exact) mass is 258 g/mol. The largest absolute Gasteiger partial charge is 0.382 e. The predicted molar refractivity (Wildman–Crippen MR) is 70.5 cm³/mol. The molecule has 6 nitrogen and oxygen atoms in total. The number of hydrogen-bond donors (Lipinski definition) is 3. The van der Waals surface area contributed by atoms with Gasteiger partial charge in [0.15, 0.2) is 11.5 Å². The summed E-state index contributed by atoms with van der Waals surface area (Å²) in [5.74, 6) is 0.376. The third kappa shape index (κ3) is 2.05. The van der Waals surface area contributed by atoms with E-state index in [9.17, 15) is 4.39 Å². The number of halogens is 1. The van der Waals surface area contributed by atoms with Crippen molar-refractivity contribution in [1.29, 1.82) is 0 Å². The highest BCUT2D eigenvalue weighted by Crippen LogP contribution is 2.20. The van der Waals surface area contributed by atoms with Gasteiger partial charge >= 0.3 is 0 Å². The van der Waals surface area contributed by atoms with Gasteiger partial charge in [0.2, 0.25) is 5.95 Å². The molecule has 0 unspecified atom stereocenters. The number of H-pyrrole nitrogens is 1. The predicted octanol–water partition coefficient (Wildman–Crippen LogP) is 2.13. The third-order valence-electron chi connectivity index (χ3n) is 2.73. The van der Waals surface area contributed by atoms with Gasteiger partial charge in [-0.2, -0.15) is 9.97 Å². The first-order valence-electron chi connectivity index (χ1n) is 5.63. The first-order valence-corrected chi connectivity index (χ1v) is 5.63. The SMILES string of the molecule is Cc1cc(Nc2nc(N)c3[nH]cnc3n2)ccc1F. The van der Waals surface area contributed by atoms with E-state index in [1.165, 1.54) is 12.4 Å². The van der Waals surface area contributed by atoms with Gasteiger partial charge in [0.25, 0.3) is 0 Å². The second-order valence-electron chi connectivity index (χ2n) is 4.12. The number of anilines is 3. The summed E-state index contributed by atoms with van der Waals surface area (Å²) in [6.07, 6.45) is 1.50. The maximum atomic E-state index is 13.2. The summed E-state index contributed by atoms with van der Waals surface area (Å²) in [6.45, 7) is 1.69. The number of nitrogens with one attached hydrogen (secondary N) is 2. The maximum Gasteiger partial charge on any atom is 0.231 e. The second-order valence-corrected chi connectivity index (χ2v) is 4.12. The van der Waals surface area contributed by atoms with Crippen LogP contribution in [0.15, 0.2) is 24.5 Å². The first-order chi connectivity index (χ1) is 9.13. The Morgan fingerprint density at radius 3 is 2.95 bits per heavy atom. The molecule has 2 heterocycles. The van der Waals surface area contributed by atoms with Crippen molar-refractivity contribution >= 4 is 28.6 Å². The van der Waals surface area contributed by atoms with E-state index in [-0.39, 0.29) is 5.82 Å².